The second-order valence-electron chi connectivity index (χ2n) is 3.92. The van der Waals surface area contributed by atoms with Gasteiger partial charge in [0.05, 0.1) is 0 Å². The maximum absolute atomic E-state index is 6.10. The quantitative estimate of drug-likeness (QED) is 0.938. The highest BCUT2D eigenvalue weighted by atomic mass is 35.5. The van der Waals surface area contributed by atoms with Crippen LogP contribution in [0.25, 0.3) is 0 Å². The summed E-state index contributed by atoms with van der Waals surface area (Å²) in [6.07, 6.45) is 4.90. The van der Waals surface area contributed by atoms with Crippen LogP contribution in [0.15, 0.2) is 30.6 Å². The zero-order valence-corrected chi connectivity index (χ0v) is 11.2. The Morgan fingerprint density at radius 3 is 2.22 bits per heavy atom. The van der Waals surface area contributed by atoms with Gasteiger partial charge in [-0.25, -0.2) is 9.97 Å². The minimum Gasteiger partial charge on any atom is -0.330 e. The van der Waals surface area contributed by atoms with E-state index in [1.165, 1.54) is 0 Å². The summed E-state index contributed by atoms with van der Waals surface area (Å²) in [5, 5.41) is 1.27. The predicted molar refractivity (Wildman–Crippen MR) is 74.1 cm³/mol. The summed E-state index contributed by atoms with van der Waals surface area (Å²) in [4.78, 5) is 8.58. The standard InChI is InChI=1S/C13H13Cl2N3/c14-11-2-1-3-12(15)10(11)6-13-17-7-9(4-5-16)8-18-13/h1-3,7-8H,4-6,16H2. The average molecular weight is 282 g/mol. The number of hydrogen-bond donors (Lipinski definition) is 1. The van der Waals surface area contributed by atoms with E-state index in [-0.39, 0.29) is 0 Å². The Bertz CT molecular complexity index is 506. The molecule has 18 heavy (non-hydrogen) atoms. The van der Waals surface area contributed by atoms with Gasteiger partial charge in [-0.15, -0.1) is 0 Å². The number of aromatic nitrogens is 2. The van der Waals surface area contributed by atoms with Crippen LogP contribution in [0.3, 0.4) is 0 Å². The second-order valence-corrected chi connectivity index (χ2v) is 4.74. The van der Waals surface area contributed by atoms with E-state index < -0.39 is 0 Å². The van der Waals surface area contributed by atoms with Crippen molar-refractivity contribution in [3.8, 4) is 0 Å². The monoisotopic (exact) mass is 281 g/mol. The number of nitrogens with two attached hydrogens (primary N) is 1. The molecule has 2 aromatic rings. The molecule has 2 rings (SSSR count). The lowest BCUT2D eigenvalue weighted by atomic mass is 10.1. The SMILES string of the molecule is NCCc1cnc(Cc2c(Cl)cccc2Cl)nc1. The zero-order valence-electron chi connectivity index (χ0n) is 9.74. The van der Waals surface area contributed by atoms with Gasteiger partial charge in [0.25, 0.3) is 0 Å². The molecule has 1 aromatic carbocycles. The first-order valence-electron chi connectivity index (χ1n) is 5.63. The van der Waals surface area contributed by atoms with Crippen LogP contribution in [0, 0.1) is 0 Å². The molecular weight excluding hydrogens is 269 g/mol. The number of halogens is 2. The molecule has 2 N–H and O–H groups in total. The summed E-state index contributed by atoms with van der Waals surface area (Å²) in [5.41, 5.74) is 7.36. The van der Waals surface area contributed by atoms with E-state index in [2.05, 4.69) is 9.97 Å². The molecule has 0 aliphatic carbocycles. The van der Waals surface area contributed by atoms with Gasteiger partial charge < -0.3 is 5.73 Å². The molecule has 0 atom stereocenters. The van der Waals surface area contributed by atoms with Crippen LogP contribution in [0.1, 0.15) is 17.0 Å². The van der Waals surface area contributed by atoms with Crippen molar-refractivity contribution in [3.63, 3.8) is 0 Å². The molecule has 1 aromatic heterocycles. The highest BCUT2D eigenvalue weighted by molar-refractivity contribution is 6.36. The third-order valence-corrected chi connectivity index (χ3v) is 3.30. The fraction of sp³-hybridized carbons (Fsp3) is 0.231. The number of nitrogens with zero attached hydrogens (tertiary/aromatic N) is 2. The van der Waals surface area contributed by atoms with Crippen molar-refractivity contribution in [1.82, 2.24) is 9.97 Å². The maximum atomic E-state index is 6.10. The van der Waals surface area contributed by atoms with Crippen LogP contribution in [0.4, 0.5) is 0 Å². The second kappa shape index (κ2) is 6.14. The third kappa shape index (κ3) is 3.19. The summed E-state index contributed by atoms with van der Waals surface area (Å²) in [7, 11) is 0. The molecular formula is C13H13Cl2N3. The molecule has 5 heteroatoms. The van der Waals surface area contributed by atoms with E-state index in [0.717, 1.165) is 17.5 Å². The third-order valence-electron chi connectivity index (χ3n) is 2.59. The van der Waals surface area contributed by atoms with E-state index in [0.29, 0.717) is 28.8 Å². The summed E-state index contributed by atoms with van der Waals surface area (Å²) in [6, 6.07) is 5.44. The molecule has 0 aliphatic heterocycles. The molecule has 0 saturated heterocycles. The molecule has 94 valence electrons. The number of hydrogen-bond acceptors (Lipinski definition) is 3. The van der Waals surface area contributed by atoms with Gasteiger partial charge in [-0.1, -0.05) is 29.3 Å². The minimum atomic E-state index is 0.529. The molecule has 0 aliphatic rings. The lowest BCUT2D eigenvalue weighted by Crippen LogP contribution is -2.05. The highest BCUT2D eigenvalue weighted by Crippen LogP contribution is 2.25. The Morgan fingerprint density at radius 2 is 1.67 bits per heavy atom. The van der Waals surface area contributed by atoms with Crippen LogP contribution in [-0.4, -0.2) is 16.5 Å². The Morgan fingerprint density at radius 1 is 1.06 bits per heavy atom. The maximum Gasteiger partial charge on any atom is 0.132 e. The molecule has 0 radical (unpaired) electrons. The minimum absolute atomic E-state index is 0.529. The van der Waals surface area contributed by atoms with Crippen molar-refractivity contribution in [2.75, 3.05) is 6.54 Å². The van der Waals surface area contributed by atoms with Gasteiger partial charge in [0, 0.05) is 28.9 Å². The van der Waals surface area contributed by atoms with Crippen molar-refractivity contribution in [3.05, 3.63) is 57.6 Å². The Balaban J connectivity index is 2.18. The van der Waals surface area contributed by atoms with E-state index in [1.807, 2.05) is 18.2 Å². The van der Waals surface area contributed by atoms with Gasteiger partial charge in [-0.05, 0) is 36.2 Å². The molecule has 0 bridgehead atoms. The summed E-state index contributed by atoms with van der Waals surface area (Å²) >= 11 is 12.2. The Kier molecular flexibility index (Phi) is 4.53. The largest absolute Gasteiger partial charge is 0.330 e. The van der Waals surface area contributed by atoms with Crippen molar-refractivity contribution in [2.45, 2.75) is 12.8 Å². The molecule has 0 saturated carbocycles. The fourth-order valence-electron chi connectivity index (χ4n) is 1.63. The van der Waals surface area contributed by atoms with Crippen LogP contribution in [0.5, 0.6) is 0 Å². The first kappa shape index (κ1) is 13.3. The molecule has 0 amide bonds. The van der Waals surface area contributed by atoms with Gasteiger partial charge in [0.1, 0.15) is 5.82 Å². The van der Waals surface area contributed by atoms with E-state index in [9.17, 15) is 0 Å². The van der Waals surface area contributed by atoms with Crippen LogP contribution < -0.4 is 5.73 Å². The smallest absolute Gasteiger partial charge is 0.132 e. The lowest BCUT2D eigenvalue weighted by Gasteiger charge is -2.06. The summed E-state index contributed by atoms with van der Waals surface area (Å²) in [5.74, 6) is 0.700. The normalized spacial score (nSPS) is 10.6. The molecule has 1 heterocycles. The van der Waals surface area contributed by atoms with Gasteiger partial charge in [-0.2, -0.15) is 0 Å². The Labute approximate surface area is 116 Å². The van der Waals surface area contributed by atoms with Gasteiger partial charge in [-0.3, -0.25) is 0 Å². The molecule has 0 unspecified atom stereocenters. The molecule has 3 nitrogen and oxygen atoms in total. The lowest BCUT2D eigenvalue weighted by molar-refractivity contribution is 0.901. The molecule has 0 spiro atoms. The van der Waals surface area contributed by atoms with Crippen molar-refractivity contribution < 1.29 is 0 Å². The van der Waals surface area contributed by atoms with E-state index in [4.69, 9.17) is 28.9 Å². The van der Waals surface area contributed by atoms with Gasteiger partial charge >= 0.3 is 0 Å². The van der Waals surface area contributed by atoms with Gasteiger partial charge in [0.15, 0.2) is 0 Å². The Hall–Kier alpha value is -1.16. The van der Waals surface area contributed by atoms with Crippen LogP contribution >= 0.6 is 23.2 Å². The van der Waals surface area contributed by atoms with Crippen molar-refractivity contribution in [1.29, 1.82) is 0 Å². The van der Waals surface area contributed by atoms with E-state index >= 15 is 0 Å². The fourth-order valence-corrected chi connectivity index (χ4v) is 2.16. The summed E-state index contributed by atoms with van der Waals surface area (Å²) < 4.78 is 0. The summed E-state index contributed by atoms with van der Waals surface area (Å²) in [6.45, 7) is 0.596. The topological polar surface area (TPSA) is 51.8 Å². The first-order chi connectivity index (χ1) is 8.70. The number of rotatable bonds is 4. The van der Waals surface area contributed by atoms with E-state index in [1.54, 1.807) is 12.4 Å². The number of benzene rings is 1. The zero-order chi connectivity index (χ0) is 13.0. The predicted octanol–water partition coefficient (Wildman–Crippen LogP) is 2.88. The van der Waals surface area contributed by atoms with Crippen LogP contribution in [0.2, 0.25) is 10.0 Å². The average Bonchev–Trinajstić information content (AvgIpc) is 2.36. The van der Waals surface area contributed by atoms with Crippen LogP contribution in [-0.2, 0) is 12.8 Å². The van der Waals surface area contributed by atoms with Gasteiger partial charge in [0.2, 0.25) is 0 Å². The highest BCUT2D eigenvalue weighted by Gasteiger charge is 2.08. The first-order valence-corrected chi connectivity index (χ1v) is 6.39. The molecule has 0 fully saturated rings. The van der Waals surface area contributed by atoms with Crippen molar-refractivity contribution in [2.24, 2.45) is 5.73 Å². The van der Waals surface area contributed by atoms with Crippen molar-refractivity contribution >= 4 is 23.2 Å².